The third-order valence-corrected chi connectivity index (χ3v) is 4.11. The summed E-state index contributed by atoms with van der Waals surface area (Å²) in [6, 6.07) is 9.81. The van der Waals surface area contributed by atoms with Crippen LogP contribution in [0.3, 0.4) is 0 Å². The van der Waals surface area contributed by atoms with Gasteiger partial charge >= 0.3 is 0 Å². The van der Waals surface area contributed by atoms with E-state index in [4.69, 9.17) is 5.73 Å². The van der Waals surface area contributed by atoms with Gasteiger partial charge in [-0.3, -0.25) is 4.79 Å². The molecule has 6 heteroatoms. The van der Waals surface area contributed by atoms with Crippen LogP contribution in [0.15, 0.2) is 42.5 Å². The minimum Gasteiger partial charge on any atom is -0.386 e. The fraction of sp³-hybridized carbons (Fsp3) is 0.235. The maximum Gasteiger partial charge on any atom is 0.240 e. The summed E-state index contributed by atoms with van der Waals surface area (Å²) >= 11 is 0. The number of hydrogen-bond acceptors (Lipinski definition) is 3. The van der Waals surface area contributed by atoms with Crippen molar-refractivity contribution in [1.29, 1.82) is 0 Å². The molecule has 23 heavy (non-hydrogen) atoms. The predicted molar refractivity (Wildman–Crippen MR) is 81.8 cm³/mol. The molecular formula is C17H16F2N2O2. The van der Waals surface area contributed by atoms with Gasteiger partial charge in [0.25, 0.3) is 0 Å². The number of fused-ring (bicyclic) bond motifs is 1. The van der Waals surface area contributed by atoms with E-state index in [0.717, 1.165) is 23.4 Å². The van der Waals surface area contributed by atoms with Crippen molar-refractivity contribution < 1.29 is 18.7 Å². The van der Waals surface area contributed by atoms with Gasteiger partial charge in [-0.05, 0) is 17.7 Å². The Labute approximate surface area is 132 Å². The Morgan fingerprint density at radius 2 is 2.04 bits per heavy atom. The normalized spacial score (nSPS) is 17.9. The van der Waals surface area contributed by atoms with E-state index in [1.165, 1.54) is 6.07 Å². The number of nitrogens with zero attached hydrogens (tertiary/aromatic N) is 1. The van der Waals surface area contributed by atoms with Crippen LogP contribution in [0.2, 0.25) is 0 Å². The van der Waals surface area contributed by atoms with Crippen LogP contribution >= 0.6 is 0 Å². The van der Waals surface area contributed by atoms with Crippen LogP contribution < -0.4 is 10.6 Å². The number of anilines is 1. The predicted octanol–water partition coefficient (Wildman–Crippen LogP) is 1.91. The quantitative estimate of drug-likeness (QED) is 0.905. The fourth-order valence-corrected chi connectivity index (χ4v) is 2.99. The Morgan fingerprint density at radius 3 is 2.74 bits per heavy atom. The number of carbonyl (C=O) groups is 1. The number of carbonyl (C=O) groups excluding carboxylic acids is 1. The number of aliphatic hydroxyl groups is 1. The summed E-state index contributed by atoms with van der Waals surface area (Å²) in [5, 5.41) is 10.3. The lowest BCUT2D eigenvalue weighted by molar-refractivity contribution is -0.119. The van der Waals surface area contributed by atoms with E-state index in [1.807, 2.05) is 24.3 Å². The molecule has 1 aliphatic heterocycles. The summed E-state index contributed by atoms with van der Waals surface area (Å²) in [5.74, 6) is -2.03. The Morgan fingerprint density at radius 1 is 1.30 bits per heavy atom. The first-order valence-corrected chi connectivity index (χ1v) is 7.24. The summed E-state index contributed by atoms with van der Waals surface area (Å²) in [5.41, 5.74) is 7.17. The number of nitrogens with two attached hydrogens (primary N) is 1. The maximum atomic E-state index is 13.8. The highest BCUT2D eigenvalue weighted by Gasteiger charge is 2.34. The van der Waals surface area contributed by atoms with E-state index in [1.54, 1.807) is 4.90 Å². The summed E-state index contributed by atoms with van der Waals surface area (Å²) in [7, 11) is 0. The molecule has 0 spiro atoms. The lowest BCUT2D eigenvalue weighted by Crippen LogP contribution is -2.44. The average molecular weight is 318 g/mol. The molecule has 0 bridgehead atoms. The first kappa shape index (κ1) is 15.4. The molecule has 1 heterocycles. The number of rotatable bonds is 4. The van der Waals surface area contributed by atoms with Gasteiger partial charge in [-0.15, -0.1) is 0 Å². The van der Waals surface area contributed by atoms with Gasteiger partial charge in [0, 0.05) is 30.3 Å². The fourth-order valence-electron chi connectivity index (χ4n) is 2.99. The van der Waals surface area contributed by atoms with Gasteiger partial charge in [0.1, 0.15) is 17.7 Å². The van der Waals surface area contributed by atoms with Crippen molar-refractivity contribution in [3.8, 4) is 0 Å². The Kier molecular flexibility index (Phi) is 4.00. The van der Waals surface area contributed by atoms with E-state index in [2.05, 4.69) is 0 Å². The van der Waals surface area contributed by atoms with Gasteiger partial charge in [-0.1, -0.05) is 24.3 Å². The molecule has 0 saturated carbocycles. The van der Waals surface area contributed by atoms with E-state index in [0.29, 0.717) is 6.42 Å². The first-order valence-electron chi connectivity index (χ1n) is 7.24. The van der Waals surface area contributed by atoms with Crippen molar-refractivity contribution in [2.75, 3.05) is 11.4 Å². The molecule has 1 unspecified atom stereocenters. The number of halogens is 2. The van der Waals surface area contributed by atoms with Gasteiger partial charge in [-0.2, -0.15) is 0 Å². The molecule has 120 valence electrons. The second kappa shape index (κ2) is 5.96. The van der Waals surface area contributed by atoms with Crippen LogP contribution in [0.5, 0.6) is 0 Å². The number of amides is 1. The Balaban J connectivity index is 1.89. The highest BCUT2D eigenvalue weighted by molar-refractivity contribution is 5.86. The zero-order valence-corrected chi connectivity index (χ0v) is 12.2. The average Bonchev–Trinajstić information content (AvgIpc) is 2.86. The minimum atomic E-state index is -1.20. The Hall–Kier alpha value is -2.47. The van der Waals surface area contributed by atoms with E-state index in [9.17, 15) is 18.7 Å². The summed E-state index contributed by atoms with van der Waals surface area (Å²) in [4.78, 5) is 13.4. The molecule has 1 amide bonds. The second-order valence-electron chi connectivity index (χ2n) is 5.58. The molecule has 2 aromatic rings. The van der Waals surface area contributed by atoms with Crippen molar-refractivity contribution in [1.82, 2.24) is 0 Å². The van der Waals surface area contributed by atoms with E-state index in [-0.39, 0.29) is 12.1 Å². The summed E-state index contributed by atoms with van der Waals surface area (Å²) in [6.07, 6.45) is -0.756. The Bertz CT molecular complexity index is 751. The van der Waals surface area contributed by atoms with Crippen LogP contribution in [0, 0.1) is 11.6 Å². The molecule has 1 aliphatic rings. The molecule has 2 aromatic carbocycles. The van der Waals surface area contributed by atoms with Gasteiger partial charge in [0.15, 0.2) is 0 Å². The lowest BCUT2D eigenvalue weighted by atomic mass is 10.1. The monoisotopic (exact) mass is 318 g/mol. The first-order chi connectivity index (χ1) is 11.0. The van der Waals surface area contributed by atoms with Gasteiger partial charge in [0.05, 0.1) is 6.10 Å². The van der Waals surface area contributed by atoms with Crippen LogP contribution in [0.25, 0.3) is 0 Å². The van der Waals surface area contributed by atoms with E-state index < -0.39 is 29.7 Å². The van der Waals surface area contributed by atoms with Crippen molar-refractivity contribution in [3.05, 3.63) is 65.2 Å². The highest BCUT2D eigenvalue weighted by Crippen LogP contribution is 2.33. The molecule has 2 atom stereocenters. The SMILES string of the molecule is NC(=O)[C@@H]1Cc2ccccc2N1CC(O)c1ccc(F)cc1F. The topological polar surface area (TPSA) is 66.6 Å². The summed E-state index contributed by atoms with van der Waals surface area (Å²) < 4.78 is 26.8. The molecule has 0 saturated heterocycles. The van der Waals surface area contributed by atoms with Gasteiger partial charge < -0.3 is 15.7 Å². The van der Waals surface area contributed by atoms with Crippen molar-refractivity contribution >= 4 is 11.6 Å². The van der Waals surface area contributed by atoms with Crippen LogP contribution in [-0.2, 0) is 11.2 Å². The number of benzene rings is 2. The molecule has 0 aromatic heterocycles. The zero-order chi connectivity index (χ0) is 16.6. The van der Waals surface area contributed by atoms with Gasteiger partial charge in [0.2, 0.25) is 5.91 Å². The number of para-hydroxylation sites is 1. The molecule has 4 nitrogen and oxygen atoms in total. The third-order valence-electron chi connectivity index (χ3n) is 4.11. The van der Waals surface area contributed by atoms with Crippen LogP contribution in [-0.4, -0.2) is 23.6 Å². The molecule has 3 N–H and O–H groups in total. The smallest absolute Gasteiger partial charge is 0.240 e. The third kappa shape index (κ3) is 2.90. The molecule has 3 rings (SSSR count). The number of aliphatic hydroxyl groups excluding tert-OH is 1. The lowest BCUT2D eigenvalue weighted by Gasteiger charge is -2.28. The number of hydrogen-bond donors (Lipinski definition) is 2. The highest BCUT2D eigenvalue weighted by atomic mass is 19.1. The van der Waals surface area contributed by atoms with Crippen molar-refractivity contribution in [3.63, 3.8) is 0 Å². The largest absolute Gasteiger partial charge is 0.386 e. The number of primary amides is 1. The molecule has 0 radical (unpaired) electrons. The molecular weight excluding hydrogens is 302 g/mol. The van der Waals surface area contributed by atoms with Crippen LogP contribution in [0.4, 0.5) is 14.5 Å². The van der Waals surface area contributed by atoms with E-state index >= 15 is 0 Å². The molecule has 0 aliphatic carbocycles. The number of β-amino-alcohol motifs (C(OH)–C–C–N with tert-alkyl or cyclic N) is 1. The summed E-state index contributed by atoms with van der Waals surface area (Å²) in [6.45, 7) is -0.00677. The maximum absolute atomic E-state index is 13.8. The zero-order valence-electron chi connectivity index (χ0n) is 12.2. The molecule has 0 fully saturated rings. The van der Waals surface area contributed by atoms with Gasteiger partial charge in [-0.25, -0.2) is 8.78 Å². The minimum absolute atomic E-state index is 0.00677. The van der Waals surface area contributed by atoms with Crippen LogP contribution in [0.1, 0.15) is 17.2 Å². The van der Waals surface area contributed by atoms with Crippen molar-refractivity contribution in [2.24, 2.45) is 5.73 Å². The standard InChI is InChI=1S/C17H16F2N2O2/c18-11-5-6-12(13(19)8-11)16(22)9-21-14-4-2-1-3-10(14)7-15(21)17(20)23/h1-6,8,15-16,22H,7,9H2,(H2,20,23)/t15-,16?/m0/s1. The second-order valence-corrected chi connectivity index (χ2v) is 5.58. The van der Waals surface area contributed by atoms with Crippen molar-refractivity contribution in [2.45, 2.75) is 18.6 Å².